The van der Waals surface area contributed by atoms with Crippen molar-refractivity contribution in [2.75, 3.05) is 0 Å². The first-order valence-corrected chi connectivity index (χ1v) is 6.46. The summed E-state index contributed by atoms with van der Waals surface area (Å²) in [5, 5.41) is 4.91. The average Bonchev–Trinajstić information content (AvgIpc) is 2.82. The molecule has 0 N–H and O–H groups in total. The zero-order chi connectivity index (χ0) is 15.1. The number of aromatic nitrogens is 6. The molecule has 21 heavy (non-hydrogen) atoms. The van der Waals surface area contributed by atoms with Gasteiger partial charge in [0.2, 0.25) is 0 Å². The third-order valence-electron chi connectivity index (χ3n) is 3.13. The SMILES string of the molecule is Cn1ccc(=O)n(Cc2nc(Cl)c3cnn(C)c3n2)c1=O. The molecular formula is C12H11ClN6O2. The Balaban J connectivity index is 2.15. The van der Waals surface area contributed by atoms with E-state index in [-0.39, 0.29) is 17.5 Å². The third kappa shape index (κ3) is 2.23. The number of halogens is 1. The first-order valence-electron chi connectivity index (χ1n) is 6.08. The summed E-state index contributed by atoms with van der Waals surface area (Å²) in [6.07, 6.45) is 2.98. The summed E-state index contributed by atoms with van der Waals surface area (Å²) in [5.74, 6) is 0.279. The zero-order valence-corrected chi connectivity index (χ0v) is 12.1. The molecule has 108 valence electrons. The first kappa shape index (κ1) is 13.5. The van der Waals surface area contributed by atoms with Crippen LogP contribution in [0.5, 0.6) is 0 Å². The minimum absolute atomic E-state index is 0.0484. The molecule has 0 saturated carbocycles. The van der Waals surface area contributed by atoms with E-state index in [0.717, 1.165) is 4.57 Å². The van der Waals surface area contributed by atoms with Gasteiger partial charge in [-0.1, -0.05) is 11.6 Å². The van der Waals surface area contributed by atoms with Gasteiger partial charge in [0.1, 0.15) is 5.15 Å². The molecule has 3 aromatic heterocycles. The fourth-order valence-electron chi connectivity index (χ4n) is 2.00. The van der Waals surface area contributed by atoms with E-state index < -0.39 is 11.2 Å². The molecule has 0 amide bonds. The van der Waals surface area contributed by atoms with Gasteiger partial charge in [-0.2, -0.15) is 5.10 Å². The van der Waals surface area contributed by atoms with Crippen molar-refractivity contribution in [2.45, 2.75) is 6.54 Å². The lowest BCUT2D eigenvalue weighted by molar-refractivity contribution is 0.620. The highest BCUT2D eigenvalue weighted by Gasteiger charge is 2.12. The van der Waals surface area contributed by atoms with Gasteiger partial charge in [-0.25, -0.2) is 14.8 Å². The maximum absolute atomic E-state index is 12.0. The second-order valence-corrected chi connectivity index (χ2v) is 4.93. The van der Waals surface area contributed by atoms with Crippen LogP contribution in [-0.4, -0.2) is 28.9 Å². The van der Waals surface area contributed by atoms with E-state index in [1.807, 2.05) is 0 Å². The maximum atomic E-state index is 12.0. The molecule has 9 heteroatoms. The second kappa shape index (κ2) is 4.81. The van der Waals surface area contributed by atoms with E-state index in [1.54, 1.807) is 25.0 Å². The van der Waals surface area contributed by atoms with Gasteiger partial charge >= 0.3 is 5.69 Å². The Labute approximate surface area is 123 Å². The number of fused-ring (bicyclic) bond motifs is 1. The minimum Gasteiger partial charge on any atom is -0.303 e. The van der Waals surface area contributed by atoms with Gasteiger partial charge in [-0.15, -0.1) is 0 Å². The van der Waals surface area contributed by atoms with E-state index in [2.05, 4.69) is 15.1 Å². The molecule has 0 bridgehead atoms. The van der Waals surface area contributed by atoms with Crippen LogP contribution in [0.3, 0.4) is 0 Å². The normalized spacial score (nSPS) is 11.2. The lowest BCUT2D eigenvalue weighted by atomic mass is 10.4. The molecule has 0 atom stereocenters. The van der Waals surface area contributed by atoms with Crippen molar-refractivity contribution < 1.29 is 0 Å². The summed E-state index contributed by atoms with van der Waals surface area (Å²) < 4.78 is 3.91. The van der Waals surface area contributed by atoms with Crippen molar-refractivity contribution >= 4 is 22.6 Å². The van der Waals surface area contributed by atoms with E-state index >= 15 is 0 Å². The highest BCUT2D eigenvalue weighted by atomic mass is 35.5. The summed E-state index contributed by atoms with van der Waals surface area (Å²) in [6, 6.07) is 1.31. The number of rotatable bonds is 2. The molecule has 3 aromatic rings. The Kier molecular flexibility index (Phi) is 3.09. The first-order chi connectivity index (χ1) is 9.97. The molecule has 0 radical (unpaired) electrons. The monoisotopic (exact) mass is 306 g/mol. The summed E-state index contributed by atoms with van der Waals surface area (Å²) >= 11 is 6.08. The minimum atomic E-state index is -0.438. The lowest BCUT2D eigenvalue weighted by Gasteiger charge is -2.06. The molecule has 0 spiro atoms. The smallest absolute Gasteiger partial charge is 0.303 e. The van der Waals surface area contributed by atoms with Crippen LogP contribution in [-0.2, 0) is 20.6 Å². The van der Waals surface area contributed by atoms with Crippen LogP contribution in [0.1, 0.15) is 5.82 Å². The Bertz CT molecular complexity index is 955. The maximum Gasteiger partial charge on any atom is 0.331 e. The highest BCUT2D eigenvalue weighted by molar-refractivity contribution is 6.33. The standard InChI is InChI=1S/C12H11ClN6O2/c1-17-4-3-9(20)19(12(17)21)6-8-15-10(13)7-5-14-18(2)11(7)16-8/h3-5H,6H2,1-2H3. The number of hydrogen-bond acceptors (Lipinski definition) is 5. The molecule has 3 heterocycles. The number of nitrogens with zero attached hydrogens (tertiary/aromatic N) is 6. The third-order valence-corrected chi connectivity index (χ3v) is 3.42. The molecule has 8 nitrogen and oxygen atoms in total. The van der Waals surface area contributed by atoms with Gasteiger partial charge < -0.3 is 4.57 Å². The van der Waals surface area contributed by atoms with Crippen LogP contribution in [0.2, 0.25) is 5.15 Å². The van der Waals surface area contributed by atoms with Crippen molar-refractivity contribution in [3.8, 4) is 0 Å². The molecule has 0 unspecified atom stereocenters. The lowest BCUT2D eigenvalue weighted by Crippen LogP contribution is -2.38. The van der Waals surface area contributed by atoms with Crippen LogP contribution in [0.4, 0.5) is 0 Å². The van der Waals surface area contributed by atoms with Gasteiger partial charge in [-0.05, 0) is 0 Å². The van der Waals surface area contributed by atoms with Crippen molar-refractivity contribution in [3.63, 3.8) is 0 Å². The van der Waals surface area contributed by atoms with E-state index in [1.165, 1.54) is 16.8 Å². The van der Waals surface area contributed by atoms with E-state index in [0.29, 0.717) is 11.0 Å². The molecular weight excluding hydrogens is 296 g/mol. The van der Waals surface area contributed by atoms with Crippen LogP contribution < -0.4 is 11.2 Å². The van der Waals surface area contributed by atoms with Crippen LogP contribution in [0, 0.1) is 0 Å². The predicted octanol–water partition coefficient (Wildman–Crippen LogP) is -0.0746. The fraction of sp³-hybridized carbons (Fsp3) is 0.250. The molecule has 0 aliphatic carbocycles. The van der Waals surface area contributed by atoms with Crippen LogP contribution in [0.15, 0.2) is 28.0 Å². The summed E-state index contributed by atoms with van der Waals surface area (Å²) in [4.78, 5) is 32.2. The molecule has 3 rings (SSSR count). The molecule has 0 aliphatic rings. The largest absolute Gasteiger partial charge is 0.331 e. The summed E-state index contributed by atoms with van der Waals surface area (Å²) in [5.41, 5.74) is -0.305. The van der Waals surface area contributed by atoms with Gasteiger partial charge in [0.25, 0.3) is 5.56 Å². The second-order valence-electron chi connectivity index (χ2n) is 4.57. The fourth-order valence-corrected chi connectivity index (χ4v) is 2.23. The molecule has 0 aliphatic heterocycles. The van der Waals surface area contributed by atoms with Gasteiger partial charge in [-0.3, -0.25) is 14.0 Å². The molecule has 0 saturated heterocycles. The predicted molar refractivity (Wildman–Crippen MR) is 76.4 cm³/mol. The summed E-state index contributed by atoms with van der Waals surface area (Å²) in [6.45, 7) is -0.0484. The number of hydrogen-bond donors (Lipinski definition) is 0. The highest BCUT2D eigenvalue weighted by Crippen LogP contribution is 2.19. The van der Waals surface area contributed by atoms with E-state index in [4.69, 9.17) is 11.6 Å². The Morgan fingerprint density at radius 1 is 1.24 bits per heavy atom. The van der Waals surface area contributed by atoms with Gasteiger partial charge in [0.15, 0.2) is 11.5 Å². The Morgan fingerprint density at radius 3 is 2.76 bits per heavy atom. The Hall–Kier alpha value is -2.48. The zero-order valence-electron chi connectivity index (χ0n) is 11.3. The van der Waals surface area contributed by atoms with Crippen LogP contribution in [0.25, 0.3) is 11.0 Å². The average molecular weight is 307 g/mol. The topological polar surface area (TPSA) is 87.6 Å². The van der Waals surface area contributed by atoms with Gasteiger partial charge in [0.05, 0.1) is 18.1 Å². The molecule has 0 fully saturated rings. The van der Waals surface area contributed by atoms with Crippen molar-refractivity contribution in [1.29, 1.82) is 0 Å². The van der Waals surface area contributed by atoms with Crippen LogP contribution >= 0.6 is 11.6 Å². The van der Waals surface area contributed by atoms with Crippen molar-refractivity contribution in [1.82, 2.24) is 28.9 Å². The van der Waals surface area contributed by atoms with Crippen molar-refractivity contribution in [2.24, 2.45) is 14.1 Å². The summed E-state index contributed by atoms with van der Waals surface area (Å²) in [7, 11) is 3.29. The quantitative estimate of drug-likeness (QED) is 0.618. The van der Waals surface area contributed by atoms with E-state index in [9.17, 15) is 9.59 Å². The Morgan fingerprint density at radius 2 is 2.00 bits per heavy atom. The van der Waals surface area contributed by atoms with Gasteiger partial charge in [0, 0.05) is 26.4 Å². The van der Waals surface area contributed by atoms with Crippen molar-refractivity contribution in [3.05, 3.63) is 50.3 Å². The molecule has 0 aromatic carbocycles. The number of aryl methyl sites for hydroxylation is 2.